The van der Waals surface area contributed by atoms with E-state index in [0.717, 1.165) is 0 Å². The van der Waals surface area contributed by atoms with E-state index in [1.807, 2.05) is 6.07 Å². The fourth-order valence-electron chi connectivity index (χ4n) is 0.545. The Hall–Kier alpha value is -0.311. The quantitative estimate of drug-likeness (QED) is 0.751. The van der Waals surface area contributed by atoms with Gasteiger partial charge in [0.1, 0.15) is 0 Å². The molecule has 0 aromatic carbocycles. The molecule has 0 aliphatic rings. The van der Waals surface area contributed by atoms with Crippen molar-refractivity contribution in [3.63, 3.8) is 0 Å². The fraction of sp³-hybridized carbons (Fsp3) is 0.167. The monoisotopic (exact) mass is 222 g/mol. The van der Waals surface area contributed by atoms with E-state index in [1.54, 1.807) is 6.07 Å². The summed E-state index contributed by atoms with van der Waals surface area (Å²) in [5, 5.41) is 8.51. The van der Waals surface area contributed by atoms with Crippen molar-refractivity contribution >= 4 is 36.0 Å². The molecule has 1 rings (SSSR count). The van der Waals surface area contributed by atoms with Gasteiger partial charge in [0.15, 0.2) is 0 Å². The third-order valence-corrected chi connectivity index (χ3v) is 4.38. The average molecular weight is 221 g/mol. The molecular formula is C6H6O2SSe. The van der Waals surface area contributed by atoms with Crippen LogP contribution >= 0.6 is 11.3 Å². The molecule has 1 N–H and O–H groups in total. The second kappa shape index (κ2) is 3.19. The van der Waals surface area contributed by atoms with Crippen molar-refractivity contribution in [3.8, 4) is 0 Å². The summed E-state index contributed by atoms with van der Waals surface area (Å²) in [7, 11) is 0. The van der Waals surface area contributed by atoms with Crippen molar-refractivity contribution in [2.24, 2.45) is 0 Å². The number of rotatable bonds is 2. The molecule has 0 bridgehead atoms. The van der Waals surface area contributed by atoms with Gasteiger partial charge in [0, 0.05) is 0 Å². The van der Waals surface area contributed by atoms with Gasteiger partial charge in [0.2, 0.25) is 0 Å². The molecule has 0 atom stereocenters. The van der Waals surface area contributed by atoms with E-state index in [0.29, 0.717) is 19.8 Å². The van der Waals surface area contributed by atoms with Crippen molar-refractivity contribution in [1.82, 2.24) is 0 Å². The zero-order valence-electron chi connectivity index (χ0n) is 5.33. The summed E-state index contributed by atoms with van der Waals surface area (Å²) in [6.07, 6.45) is 0. The molecule has 0 fully saturated rings. The van der Waals surface area contributed by atoms with Crippen molar-refractivity contribution in [2.45, 2.75) is 5.82 Å². The van der Waals surface area contributed by atoms with Crippen LogP contribution in [0.15, 0.2) is 12.1 Å². The Labute approximate surface area is 69.0 Å². The van der Waals surface area contributed by atoms with Gasteiger partial charge in [-0.3, -0.25) is 0 Å². The summed E-state index contributed by atoms with van der Waals surface area (Å²) >= 11 is 1.80. The number of hydrogen-bond acceptors (Lipinski definition) is 2. The molecule has 0 saturated carbocycles. The van der Waals surface area contributed by atoms with Crippen LogP contribution in [0.25, 0.3) is 0 Å². The Kier molecular flexibility index (Phi) is 2.49. The van der Waals surface area contributed by atoms with Gasteiger partial charge in [-0.1, -0.05) is 0 Å². The molecule has 0 saturated heterocycles. The fourth-order valence-corrected chi connectivity index (χ4v) is 2.72. The van der Waals surface area contributed by atoms with E-state index < -0.39 is 5.97 Å². The van der Waals surface area contributed by atoms with Gasteiger partial charge in [-0.15, -0.1) is 0 Å². The van der Waals surface area contributed by atoms with Crippen molar-refractivity contribution in [2.75, 3.05) is 0 Å². The van der Waals surface area contributed by atoms with Crippen molar-refractivity contribution < 1.29 is 9.90 Å². The normalized spacial score (nSPS) is 9.70. The molecule has 1 aromatic heterocycles. The van der Waals surface area contributed by atoms with Crippen LogP contribution in [0.1, 0.15) is 9.67 Å². The molecule has 0 spiro atoms. The third kappa shape index (κ3) is 1.59. The maximum atomic E-state index is 10.3. The third-order valence-electron chi connectivity index (χ3n) is 0.993. The van der Waals surface area contributed by atoms with Gasteiger partial charge >= 0.3 is 68.8 Å². The number of thiophene rings is 1. The first-order chi connectivity index (χ1) is 4.74. The number of carboxylic acid groups (broad SMARTS) is 1. The minimum absolute atomic E-state index is 0.429. The Morgan fingerprint density at radius 2 is 2.40 bits per heavy atom. The minimum atomic E-state index is -0.819. The van der Waals surface area contributed by atoms with E-state index in [2.05, 4.69) is 5.82 Å². The second-order valence-electron chi connectivity index (χ2n) is 1.63. The summed E-state index contributed by atoms with van der Waals surface area (Å²) in [6, 6.07) is 3.54. The molecule has 1 heterocycles. The molecule has 0 aliphatic carbocycles. The number of carbonyl (C=O) groups is 1. The van der Waals surface area contributed by atoms with E-state index in [-0.39, 0.29) is 0 Å². The van der Waals surface area contributed by atoms with E-state index in [9.17, 15) is 4.79 Å². The zero-order chi connectivity index (χ0) is 7.56. The topological polar surface area (TPSA) is 37.3 Å². The zero-order valence-corrected chi connectivity index (χ0v) is 7.86. The standard InChI is InChI=1S/C6H6O2SSe/c1-10-5-3-2-4(9-5)6(7)8/h2-3H,1H3,(H,7,8). The Bertz CT molecular complexity index is 244. The van der Waals surface area contributed by atoms with E-state index in [4.69, 9.17) is 5.11 Å². The van der Waals surface area contributed by atoms with E-state index in [1.165, 1.54) is 15.1 Å². The molecule has 54 valence electrons. The van der Waals surface area contributed by atoms with Crippen LogP contribution in [0.5, 0.6) is 0 Å². The molecule has 4 heteroatoms. The summed E-state index contributed by atoms with van der Waals surface area (Å²) in [5.41, 5.74) is 0. The molecule has 10 heavy (non-hydrogen) atoms. The van der Waals surface area contributed by atoms with E-state index >= 15 is 0 Å². The molecular weight excluding hydrogens is 215 g/mol. The first-order valence-corrected chi connectivity index (χ1v) is 6.00. The maximum absolute atomic E-state index is 10.3. The van der Waals surface area contributed by atoms with Crippen LogP contribution in [-0.4, -0.2) is 26.0 Å². The van der Waals surface area contributed by atoms with Gasteiger partial charge in [0.25, 0.3) is 0 Å². The number of hydrogen-bond donors (Lipinski definition) is 1. The van der Waals surface area contributed by atoms with Crippen molar-refractivity contribution in [3.05, 3.63) is 17.0 Å². The summed E-state index contributed by atoms with van der Waals surface area (Å²) in [5.74, 6) is 1.25. The first kappa shape index (κ1) is 7.79. The molecule has 0 unspecified atom stereocenters. The van der Waals surface area contributed by atoms with Crippen molar-refractivity contribution in [1.29, 1.82) is 0 Å². The first-order valence-electron chi connectivity index (χ1n) is 2.61. The van der Waals surface area contributed by atoms with Gasteiger partial charge < -0.3 is 0 Å². The van der Waals surface area contributed by atoms with Gasteiger partial charge in [0.05, 0.1) is 0 Å². The molecule has 0 radical (unpaired) electrons. The van der Waals surface area contributed by atoms with Crippen LogP contribution in [0, 0.1) is 0 Å². The predicted molar refractivity (Wildman–Crippen MR) is 42.5 cm³/mol. The van der Waals surface area contributed by atoms with Gasteiger partial charge in [-0.2, -0.15) is 0 Å². The molecule has 2 nitrogen and oxygen atoms in total. The molecule has 0 aliphatic heterocycles. The van der Waals surface area contributed by atoms with Crippen LogP contribution < -0.4 is 3.78 Å². The predicted octanol–water partition coefficient (Wildman–Crippen LogP) is 0.824. The van der Waals surface area contributed by atoms with Crippen LogP contribution in [0.4, 0.5) is 0 Å². The van der Waals surface area contributed by atoms with Crippen LogP contribution in [0.2, 0.25) is 5.82 Å². The van der Waals surface area contributed by atoms with Crippen LogP contribution in [-0.2, 0) is 0 Å². The SMILES string of the molecule is C[Se]c1ccc(C(=O)O)s1. The summed E-state index contributed by atoms with van der Waals surface area (Å²) < 4.78 is 1.19. The van der Waals surface area contributed by atoms with Crippen LogP contribution in [0.3, 0.4) is 0 Å². The average Bonchev–Trinajstić information content (AvgIpc) is 2.34. The van der Waals surface area contributed by atoms with Gasteiger partial charge in [-0.05, 0) is 0 Å². The molecule has 1 aromatic rings. The second-order valence-corrected chi connectivity index (χ2v) is 5.07. The summed E-state index contributed by atoms with van der Waals surface area (Å²) in [6.45, 7) is 0. The number of carboxylic acids is 1. The van der Waals surface area contributed by atoms with Gasteiger partial charge in [-0.25, -0.2) is 0 Å². The summed E-state index contributed by atoms with van der Waals surface area (Å²) in [4.78, 5) is 10.8. The Morgan fingerprint density at radius 3 is 2.70 bits per heavy atom. The Morgan fingerprint density at radius 1 is 1.70 bits per heavy atom. The molecule has 0 amide bonds. The number of aromatic carboxylic acids is 1. The Balaban J connectivity index is 2.88.